The average Bonchev–Trinajstić information content (AvgIpc) is 2.56. The van der Waals surface area contributed by atoms with Crippen LogP contribution in [0, 0.1) is 23.0 Å². The fourth-order valence-electron chi connectivity index (χ4n) is 2.05. The van der Waals surface area contributed by atoms with E-state index in [-0.39, 0.29) is 12.2 Å². The summed E-state index contributed by atoms with van der Waals surface area (Å²) >= 11 is 0. The molecule has 0 radical (unpaired) electrons. The Labute approximate surface area is 137 Å². The van der Waals surface area contributed by atoms with Crippen molar-refractivity contribution >= 4 is 23.2 Å². The number of halogens is 2. The molecule has 0 bridgehead atoms. The van der Waals surface area contributed by atoms with Crippen LogP contribution in [0.5, 0.6) is 0 Å². The summed E-state index contributed by atoms with van der Waals surface area (Å²) < 4.78 is 26.0. The van der Waals surface area contributed by atoms with Gasteiger partial charge in [0.15, 0.2) is 11.6 Å². The van der Waals surface area contributed by atoms with Crippen LogP contribution in [-0.4, -0.2) is 18.4 Å². The quantitative estimate of drug-likeness (QED) is 0.937. The summed E-state index contributed by atoms with van der Waals surface area (Å²) in [6.45, 7) is 0.951. The standard InChI is InChI=1S/C17H13F2N3O2/c1-11(23)22(14-4-2-3-12(7-14)9-20)10-17(24)21-13-5-6-15(18)16(19)8-13/h2-8H,10H2,1H3,(H,21,24). The molecule has 0 heterocycles. The Morgan fingerprint density at radius 2 is 1.92 bits per heavy atom. The van der Waals surface area contributed by atoms with Crippen molar-refractivity contribution in [1.29, 1.82) is 5.26 Å². The van der Waals surface area contributed by atoms with Crippen molar-refractivity contribution in [2.24, 2.45) is 0 Å². The van der Waals surface area contributed by atoms with Gasteiger partial charge in [-0.15, -0.1) is 0 Å². The number of nitrogens with zero attached hydrogens (tertiary/aromatic N) is 2. The first kappa shape index (κ1) is 17.1. The number of anilines is 2. The summed E-state index contributed by atoms with van der Waals surface area (Å²) in [7, 11) is 0. The van der Waals surface area contributed by atoms with Crippen LogP contribution >= 0.6 is 0 Å². The zero-order valence-corrected chi connectivity index (χ0v) is 12.7. The lowest BCUT2D eigenvalue weighted by Gasteiger charge is -2.20. The highest BCUT2D eigenvalue weighted by molar-refractivity contribution is 6.01. The summed E-state index contributed by atoms with van der Waals surface area (Å²) in [5, 5.41) is 11.3. The van der Waals surface area contributed by atoms with E-state index < -0.39 is 23.4 Å². The molecule has 0 aromatic heterocycles. The Morgan fingerprint density at radius 1 is 1.17 bits per heavy atom. The van der Waals surface area contributed by atoms with Crippen LogP contribution in [0.2, 0.25) is 0 Å². The van der Waals surface area contributed by atoms with E-state index in [1.807, 2.05) is 6.07 Å². The van der Waals surface area contributed by atoms with Crippen molar-refractivity contribution in [3.05, 3.63) is 59.7 Å². The van der Waals surface area contributed by atoms with E-state index in [2.05, 4.69) is 5.32 Å². The molecule has 0 spiro atoms. The maximum absolute atomic E-state index is 13.1. The molecule has 2 aromatic rings. The Hall–Kier alpha value is -3.27. The molecule has 0 saturated carbocycles. The van der Waals surface area contributed by atoms with Gasteiger partial charge in [0.2, 0.25) is 11.8 Å². The molecule has 2 aromatic carbocycles. The van der Waals surface area contributed by atoms with E-state index in [1.165, 1.54) is 24.0 Å². The number of nitrogens with one attached hydrogen (secondary N) is 1. The van der Waals surface area contributed by atoms with E-state index >= 15 is 0 Å². The Morgan fingerprint density at radius 3 is 2.54 bits per heavy atom. The van der Waals surface area contributed by atoms with Gasteiger partial charge in [0.05, 0.1) is 11.6 Å². The van der Waals surface area contributed by atoms with Crippen LogP contribution in [-0.2, 0) is 9.59 Å². The van der Waals surface area contributed by atoms with Crippen molar-refractivity contribution < 1.29 is 18.4 Å². The van der Waals surface area contributed by atoms with Crippen LogP contribution in [0.1, 0.15) is 12.5 Å². The van der Waals surface area contributed by atoms with Gasteiger partial charge < -0.3 is 10.2 Å². The second-order valence-electron chi connectivity index (χ2n) is 4.94. The number of benzene rings is 2. The van der Waals surface area contributed by atoms with Crippen LogP contribution in [0.4, 0.5) is 20.2 Å². The molecule has 1 N–H and O–H groups in total. The van der Waals surface area contributed by atoms with Crippen LogP contribution in [0.25, 0.3) is 0 Å². The van der Waals surface area contributed by atoms with Gasteiger partial charge in [0.1, 0.15) is 6.54 Å². The largest absolute Gasteiger partial charge is 0.324 e. The summed E-state index contributed by atoms with van der Waals surface area (Å²) in [5.41, 5.74) is 0.815. The number of rotatable bonds is 4. The van der Waals surface area contributed by atoms with E-state index in [0.29, 0.717) is 11.3 Å². The molecule has 0 fully saturated rings. The maximum Gasteiger partial charge on any atom is 0.244 e. The van der Waals surface area contributed by atoms with E-state index in [1.54, 1.807) is 18.2 Å². The molecule has 122 valence electrons. The lowest BCUT2D eigenvalue weighted by molar-refractivity contribution is -0.120. The third kappa shape index (κ3) is 4.14. The van der Waals surface area contributed by atoms with Crippen LogP contribution in [0.15, 0.2) is 42.5 Å². The zero-order valence-electron chi connectivity index (χ0n) is 12.7. The van der Waals surface area contributed by atoms with E-state index in [9.17, 15) is 18.4 Å². The first-order chi connectivity index (χ1) is 11.4. The molecule has 0 saturated heterocycles. The summed E-state index contributed by atoms with van der Waals surface area (Å²) in [6.07, 6.45) is 0. The average molecular weight is 329 g/mol. The topological polar surface area (TPSA) is 73.2 Å². The van der Waals surface area contributed by atoms with Crippen molar-refractivity contribution in [3.63, 3.8) is 0 Å². The maximum atomic E-state index is 13.1. The lowest BCUT2D eigenvalue weighted by Crippen LogP contribution is -2.36. The molecule has 0 aliphatic heterocycles. The highest BCUT2D eigenvalue weighted by atomic mass is 19.2. The molecule has 5 nitrogen and oxygen atoms in total. The number of carbonyl (C=O) groups is 2. The highest BCUT2D eigenvalue weighted by Crippen LogP contribution is 2.17. The molecule has 24 heavy (non-hydrogen) atoms. The second-order valence-corrected chi connectivity index (χ2v) is 4.94. The van der Waals surface area contributed by atoms with Crippen molar-refractivity contribution in [3.8, 4) is 6.07 Å². The third-order valence-corrected chi connectivity index (χ3v) is 3.17. The summed E-state index contributed by atoms with van der Waals surface area (Å²) in [6, 6.07) is 11.1. The minimum absolute atomic E-state index is 0.0770. The molecular formula is C17H13F2N3O2. The monoisotopic (exact) mass is 329 g/mol. The van der Waals surface area contributed by atoms with Gasteiger partial charge in [-0.2, -0.15) is 5.26 Å². The number of amides is 2. The van der Waals surface area contributed by atoms with Gasteiger partial charge >= 0.3 is 0 Å². The van der Waals surface area contributed by atoms with E-state index in [4.69, 9.17) is 5.26 Å². The van der Waals surface area contributed by atoms with Gasteiger partial charge in [-0.3, -0.25) is 9.59 Å². The van der Waals surface area contributed by atoms with Gasteiger partial charge in [-0.1, -0.05) is 6.07 Å². The minimum atomic E-state index is -1.09. The van der Waals surface area contributed by atoms with Gasteiger partial charge in [-0.25, -0.2) is 8.78 Å². The number of carbonyl (C=O) groups excluding carboxylic acids is 2. The summed E-state index contributed by atoms with van der Waals surface area (Å²) in [5.74, 6) is -3.09. The first-order valence-corrected chi connectivity index (χ1v) is 6.94. The number of hydrogen-bond donors (Lipinski definition) is 1. The SMILES string of the molecule is CC(=O)N(CC(=O)Nc1ccc(F)c(F)c1)c1cccc(C#N)c1. The Balaban J connectivity index is 2.15. The van der Waals surface area contributed by atoms with Gasteiger partial charge in [0, 0.05) is 24.4 Å². The Kier molecular flexibility index (Phi) is 5.22. The molecule has 2 amide bonds. The third-order valence-electron chi connectivity index (χ3n) is 3.17. The molecule has 0 unspecified atom stereocenters. The predicted octanol–water partition coefficient (Wildman–Crippen LogP) is 2.83. The zero-order chi connectivity index (χ0) is 17.7. The molecule has 0 aliphatic carbocycles. The minimum Gasteiger partial charge on any atom is -0.324 e. The highest BCUT2D eigenvalue weighted by Gasteiger charge is 2.16. The second kappa shape index (κ2) is 7.33. The fraction of sp³-hybridized carbons (Fsp3) is 0.118. The van der Waals surface area contributed by atoms with Crippen molar-refractivity contribution in [1.82, 2.24) is 0 Å². The van der Waals surface area contributed by atoms with Crippen molar-refractivity contribution in [2.45, 2.75) is 6.92 Å². The smallest absolute Gasteiger partial charge is 0.244 e. The van der Waals surface area contributed by atoms with E-state index in [0.717, 1.165) is 12.1 Å². The molecule has 0 atom stereocenters. The first-order valence-electron chi connectivity index (χ1n) is 6.94. The summed E-state index contributed by atoms with van der Waals surface area (Å²) in [4.78, 5) is 25.0. The van der Waals surface area contributed by atoms with Crippen molar-refractivity contribution in [2.75, 3.05) is 16.8 Å². The Bertz CT molecular complexity index is 831. The molecule has 2 rings (SSSR count). The van der Waals surface area contributed by atoms with Gasteiger partial charge in [-0.05, 0) is 30.3 Å². The number of nitriles is 1. The normalized spacial score (nSPS) is 9.92. The molecular weight excluding hydrogens is 316 g/mol. The molecule has 0 aliphatic rings. The molecule has 7 heteroatoms. The van der Waals surface area contributed by atoms with Gasteiger partial charge in [0.25, 0.3) is 0 Å². The fourth-order valence-corrected chi connectivity index (χ4v) is 2.05. The van der Waals surface area contributed by atoms with Crippen LogP contribution < -0.4 is 10.2 Å². The lowest BCUT2D eigenvalue weighted by atomic mass is 10.2. The predicted molar refractivity (Wildman–Crippen MR) is 84.2 cm³/mol. The van der Waals surface area contributed by atoms with Crippen LogP contribution in [0.3, 0.4) is 0 Å². The number of hydrogen-bond acceptors (Lipinski definition) is 3.